The van der Waals surface area contributed by atoms with Crippen LogP contribution in [0.1, 0.15) is 427 Å². The van der Waals surface area contributed by atoms with Crippen molar-refractivity contribution in [2.24, 2.45) is 17.8 Å². The molecule has 0 aliphatic rings. The van der Waals surface area contributed by atoms with E-state index in [1.54, 1.807) is 0 Å². The normalized spacial score (nSPS) is 14.0. The zero-order valence-corrected chi connectivity index (χ0v) is 68.2. The maximum atomic E-state index is 13.1. The highest BCUT2D eigenvalue weighted by atomic mass is 31.2. The summed E-state index contributed by atoms with van der Waals surface area (Å²) in [5.41, 5.74) is 0. The molecule has 0 bridgehead atoms. The lowest BCUT2D eigenvalue weighted by Gasteiger charge is -2.21. The highest BCUT2D eigenvalue weighted by Crippen LogP contribution is 2.45. The molecule has 3 N–H and O–H groups in total. The largest absolute Gasteiger partial charge is 0.472 e. The van der Waals surface area contributed by atoms with E-state index in [1.807, 2.05) is 0 Å². The Balaban J connectivity index is 5.23. The van der Waals surface area contributed by atoms with Gasteiger partial charge in [0.05, 0.1) is 26.4 Å². The van der Waals surface area contributed by atoms with Crippen LogP contribution in [-0.2, 0) is 65.4 Å². The van der Waals surface area contributed by atoms with Crippen LogP contribution in [0.25, 0.3) is 0 Å². The molecule has 2 unspecified atom stereocenters. The minimum absolute atomic E-state index is 0.106. The molecular weight excluding hydrogens is 1320 g/mol. The molecular formula is C82H160O17P2. The molecule has 0 radical (unpaired) electrons. The van der Waals surface area contributed by atoms with Gasteiger partial charge in [-0.15, -0.1) is 0 Å². The van der Waals surface area contributed by atoms with Crippen molar-refractivity contribution in [1.29, 1.82) is 0 Å². The second kappa shape index (κ2) is 72.3. The zero-order chi connectivity index (χ0) is 74.4. The van der Waals surface area contributed by atoms with Crippen molar-refractivity contribution in [1.82, 2.24) is 0 Å². The highest BCUT2D eigenvalue weighted by molar-refractivity contribution is 7.47. The topological polar surface area (TPSA) is 237 Å². The third-order valence-electron chi connectivity index (χ3n) is 19.1. The Hall–Kier alpha value is -1.94. The highest BCUT2D eigenvalue weighted by Gasteiger charge is 2.30. The van der Waals surface area contributed by atoms with Gasteiger partial charge in [-0.1, -0.05) is 376 Å². The van der Waals surface area contributed by atoms with Crippen LogP contribution in [0.5, 0.6) is 0 Å². The van der Waals surface area contributed by atoms with E-state index in [1.165, 1.54) is 238 Å². The van der Waals surface area contributed by atoms with Crippen LogP contribution in [0.3, 0.4) is 0 Å². The van der Waals surface area contributed by atoms with Gasteiger partial charge in [0.2, 0.25) is 0 Å². The van der Waals surface area contributed by atoms with Gasteiger partial charge in [0, 0.05) is 25.7 Å². The number of hydrogen-bond acceptors (Lipinski definition) is 15. The zero-order valence-electron chi connectivity index (χ0n) is 66.4. The smallest absolute Gasteiger partial charge is 0.462 e. The van der Waals surface area contributed by atoms with Crippen LogP contribution in [0.2, 0.25) is 0 Å². The molecule has 600 valence electrons. The first-order valence-corrected chi connectivity index (χ1v) is 45.3. The average molecular weight is 1480 g/mol. The standard InChI is InChI=1S/C82H160O17P2/c1-8-9-10-11-12-13-14-28-35-42-49-56-63-79(84)92-70-78(99-82(87)66-59-52-45-38-31-34-41-48-55-62-75(6)7)72-97-101(90,91)95-68-76(83)67-94-100(88,89)96-71-77(69-93-80(85)64-57-50-43-36-29-25-21-23-27-33-40-47-54-61-74(4)5)98-81(86)65-58-51-44-37-30-24-20-18-16-15-17-19-22-26-32-39-46-53-60-73(2)3/h73-78,83H,8-72H2,1-7H3,(H,88,89)(H,90,91)/t76-,77-,78-/m1/s1. The van der Waals surface area contributed by atoms with E-state index < -0.39 is 97.5 Å². The molecule has 0 aliphatic carbocycles. The van der Waals surface area contributed by atoms with Crippen LogP contribution in [-0.4, -0.2) is 96.7 Å². The molecule has 0 fully saturated rings. The fourth-order valence-electron chi connectivity index (χ4n) is 12.7. The van der Waals surface area contributed by atoms with Gasteiger partial charge in [0.25, 0.3) is 0 Å². The lowest BCUT2D eigenvalue weighted by molar-refractivity contribution is -0.161. The minimum Gasteiger partial charge on any atom is -0.462 e. The number of rotatable bonds is 80. The van der Waals surface area contributed by atoms with Crippen LogP contribution >= 0.6 is 15.6 Å². The van der Waals surface area contributed by atoms with Gasteiger partial charge < -0.3 is 33.8 Å². The van der Waals surface area contributed by atoms with Crippen LogP contribution < -0.4 is 0 Å². The van der Waals surface area contributed by atoms with Crippen molar-refractivity contribution < 1.29 is 80.2 Å². The van der Waals surface area contributed by atoms with E-state index in [4.69, 9.17) is 37.0 Å². The Morgan fingerprint density at radius 1 is 0.267 bits per heavy atom. The summed E-state index contributed by atoms with van der Waals surface area (Å²) in [5.74, 6) is 0.239. The van der Waals surface area contributed by atoms with E-state index in [-0.39, 0.29) is 25.7 Å². The molecule has 5 atom stereocenters. The van der Waals surface area contributed by atoms with Crippen molar-refractivity contribution in [2.45, 2.75) is 446 Å². The van der Waals surface area contributed by atoms with Crippen LogP contribution in [0.4, 0.5) is 0 Å². The number of hydrogen-bond donors (Lipinski definition) is 3. The third-order valence-corrected chi connectivity index (χ3v) is 21.0. The van der Waals surface area contributed by atoms with E-state index in [9.17, 15) is 43.2 Å². The van der Waals surface area contributed by atoms with Gasteiger partial charge in [-0.2, -0.15) is 0 Å². The van der Waals surface area contributed by atoms with Crippen molar-refractivity contribution in [3.8, 4) is 0 Å². The molecule has 19 heteroatoms. The summed E-state index contributed by atoms with van der Waals surface area (Å²) in [6.07, 6.45) is 61.0. The lowest BCUT2D eigenvalue weighted by atomic mass is 10.0. The summed E-state index contributed by atoms with van der Waals surface area (Å²) in [4.78, 5) is 73.1. The summed E-state index contributed by atoms with van der Waals surface area (Å²) >= 11 is 0. The number of aliphatic hydroxyl groups is 1. The molecule has 101 heavy (non-hydrogen) atoms. The van der Waals surface area contributed by atoms with Gasteiger partial charge in [-0.05, 0) is 43.4 Å². The van der Waals surface area contributed by atoms with Crippen molar-refractivity contribution >= 4 is 39.5 Å². The number of ether oxygens (including phenoxy) is 4. The first-order chi connectivity index (χ1) is 48.7. The maximum Gasteiger partial charge on any atom is 0.472 e. The molecule has 0 amide bonds. The molecule has 0 aromatic rings. The first kappa shape index (κ1) is 99.1. The molecule has 0 spiro atoms. The van der Waals surface area contributed by atoms with E-state index >= 15 is 0 Å². The Morgan fingerprint density at radius 3 is 0.673 bits per heavy atom. The van der Waals surface area contributed by atoms with E-state index in [0.29, 0.717) is 25.7 Å². The number of esters is 4. The molecule has 0 rings (SSSR count). The van der Waals surface area contributed by atoms with E-state index in [2.05, 4.69) is 48.5 Å². The first-order valence-electron chi connectivity index (χ1n) is 42.3. The van der Waals surface area contributed by atoms with Gasteiger partial charge in [-0.3, -0.25) is 37.3 Å². The molecule has 0 saturated carbocycles. The number of phosphoric acid groups is 2. The van der Waals surface area contributed by atoms with Gasteiger partial charge >= 0.3 is 39.5 Å². The number of phosphoric ester groups is 2. The summed E-state index contributed by atoms with van der Waals surface area (Å²) in [7, 11) is -9.92. The summed E-state index contributed by atoms with van der Waals surface area (Å²) in [6.45, 7) is 12.0. The fraction of sp³-hybridized carbons (Fsp3) is 0.951. The quantitative estimate of drug-likeness (QED) is 0.0222. The Morgan fingerprint density at radius 2 is 0.455 bits per heavy atom. The monoisotopic (exact) mass is 1480 g/mol. The molecule has 0 aromatic heterocycles. The average Bonchev–Trinajstić information content (AvgIpc) is 1.08. The Bertz CT molecular complexity index is 1960. The van der Waals surface area contributed by atoms with Crippen molar-refractivity contribution in [2.75, 3.05) is 39.6 Å². The molecule has 0 aromatic carbocycles. The Labute approximate surface area is 619 Å². The molecule has 17 nitrogen and oxygen atoms in total. The lowest BCUT2D eigenvalue weighted by Crippen LogP contribution is -2.30. The van der Waals surface area contributed by atoms with E-state index in [0.717, 1.165) is 108 Å². The second-order valence-electron chi connectivity index (χ2n) is 30.9. The van der Waals surface area contributed by atoms with Crippen LogP contribution in [0.15, 0.2) is 0 Å². The Kier molecular flexibility index (Phi) is 70.9. The number of carbonyl (C=O) groups excluding carboxylic acids is 4. The molecule has 0 aliphatic heterocycles. The predicted molar refractivity (Wildman–Crippen MR) is 414 cm³/mol. The van der Waals surface area contributed by atoms with Crippen molar-refractivity contribution in [3.05, 3.63) is 0 Å². The molecule has 0 saturated heterocycles. The fourth-order valence-corrected chi connectivity index (χ4v) is 14.2. The number of carbonyl (C=O) groups is 4. The third kappa shape index (κ3) is 76.1. The second-order valence-corrected chi connectivity index (χ2v) is 33.8. The predicted octanol–water partition coefficient (Wildman–Crippen LogP) is 24.5. The summed E-state index contributed by atoms with van der Waals surface area (Å²) in [6, 6.07) is 0. The van der Waals surface area contributed by atoms with Crippen molar-refractivity contribution in [3.63, 3.8) is 0 Å². The minimum atomic E-state index is -4.96. The number of unbranched alkanes of at least 4 members (excludes halogenated alkanes) is 48. The summed E-state index contributed by atoms with van der Waals surface area (Å²) in [5, 5.41) is 10.6. The van der Waals surface area contributed by atoms with Gasteiger partial charge in [0.15, 0.2) is 12.2 Å². The molecule has 0 heterocycles. The van der Waals surface area contributed by atoms with Crippen LogP contribution in [0, 0.1) is 17.8 Å². The van der Waals surface area contributed by atoms with Gasteiger partial charge in [0.1, 0.15) is 19.3 Å². The maximum absolute atomic E-state index is 13.1. The number of aliphatic hydroxyl groups excluding tert-OH is 1. The summed E-state index contributed by atoms with van der Waals surface area (Å²) < 4.78 is 68.7. The SMILES string of the molecule is CCCCCCCCCCCCCCC(=O)OC[C@H](COP(=O)(O)OC[C@H](O)COP(=O)(O)OC[C@@H](COC(=O)CCCCCCCCCCCCCCCC(C)C)OC(=O)CCCCCCCCCCCCCCCCCCCCC(C)C)OC(=O)CCCCCCCCCCCC(C)C. The van der Waals surface area contributed by atoms with Gasteiger partial charge in [-0.25, -0.2) is 9.13 Å².